The Morgan fingerprint density at radius 1 is 0.913 bits per heavy atom. The molecule has 1 N–H and O–H groups in total. The van der Waals surface area contributed by atoms with Gasteiger partial charge >= 0.3 is 0 Å². The Morgan fingerprint density at radius 2 is 1.61 bits per heavy atom. The van der Waals surface area contributed by atoms with E-state index in [-0.39, 0.29) is 0 Å². The van der Waals surface area contributed by atoms with E-state index in [0.717, 1.165) is 40.3 Å². The molecule has 4 heteroatoms. The summed E-state index contributed by atoms with van der Waals surface area (Å²) < 4.78 is 10.5. The van der Waals surface area contributed by atoms with Gasteiger partial charge in [-0.15, -0.1) is 0 Å². The number of aromatic nitrogens is 1. The number of aryl methyl sites for hydroxylation is 1. The lowest BCUT2D eigenvalue weighted by molar-refractivity contribution is 0.414. The van der Waals surface area contributed by atoms with Crippen LogP contribution in [0.4, 0.5) is 5.69 Å². The standard InChI is InChI=1S/C19H20N2O2/c1-13-10-19(17-11-16(23-3)8-9-18(17)21-13)20-12-14-4-6-15(22-2)7-5-14/h4-11H,12H2,1-3H3,(H,20,21). The summed E-state index contributed by atoms with van der Waals surface area (Å²) in [7, 11) is 3.35. The van der Waals surface area contributed by atoms with Crippen LogP contribution in [0.2, 0.25) is 0 Å². The summed E-state index contributed by atoms with van der Waals surface area (Å²) in [6, 6.07) is 16.0. The van der Waals surface area contributed by atoms with E-state index >= 15 is 0 Å². The highest BCUT2D eigenvalue weighted by atomic mass is 16.5. The molecule has 0 radical (unpaired) electrons. The third kappa shape index (κ3) is 3.37. The summed E-state index contributed by atoms with van der Waals surface area (Å²) in [6.45, 7) is 2.74. The van der Waals surface area contributed by atoms with Crippen molar-refractivity contribution in [3.63, 3.8) is 0 Å². The van der Waals surface area contributed by atoms with Gasteiger partial charge in [-0.3, -0.25) is 4.98 Å². The first-order valence-corrected chi connectivity index (χ1v) is 7.52. The Bertz CT molecular complexity index is 813. The van der Waals surface area contributed by atoms with Gasteiger partial charge in [-0.25, -0.2) is 0 Å². The van der Waals surface area contributed by atoms with Crippen LogP contribution in [0.25, 0.3) is 10.9 Å². The third-order valence-electron chi connectivity index (χ3n) is 3.79. The minimum Gasteiger partial charge on any atom is -0.497 e. The molecule has 0 fully saturated rings. The van der Waals surface area contributed by atoms with E-state index in [1.807, 2.05) is 37.3 Å². The normalized spacial score (nSPS) is 10.6. The molecule has 118 valence electrons. The molecule has 0 aliphatic heterocycles. The number of rotatable bonds is 5. The molecule has 3 rings (SSSR count). The Labute approximate surface area is 136 Å². The number of nitrogens with zero attached hydrogens (tertiary/aromatic N) is 1. The molecule has 4 nitrogen and oxygen atoms in total. The fourth-order valence-electron chi connectivity index (χ4n) is 2.55. The third-order valence-corrected chi connectivity index (χ3v) is 3.79. The second-order valence-electron chi connectivity index (χ2n) is 5.40. The van der Waals surface area contributed by atoms with Crippen LogP contribution in [-0.4, -0.2) is 19.2 Å². The van der Waals surface area contributed by atoms with Gasteiger partial charge < -0.3 is 14.8 Å². The number of hydrogen-bond acceptors (Lipinski definition) is 4. The minimum atomic E-state index is 0.736. The quantitative estimate of drug-likeness (QED) is 0.768. The molecule has 1 heterocycles. The van der Waals surface area contributed by atoms with E-state index in [0.29, 0.717) is 0 Å². The molecule has 0 amide bonds. The van der Waals surface area contributed by atoms with Crippen LogP contribution < -0.4 is 14.8 Å². The Kier molecular flexibility index (Phi) is 4.33. The molecule has 0 aliphatic carbocycles. The van der Waals surface area contributed by atoms with Crippen molar-refractivity contribution in [1.82, 2.24) is 4.98 Å². The molecule has 0 spiro atoms. The average Bonchev–Trinajstić information content (AvgIpc) is 2.59. The molecule has 0 unspecified atom stereocenters. The van der Waals surface area contributed by atoms with Crippen LogP contribution in [0.5, 0.6) is 11.5 Å². The lowest BCUT2D eigenvalue weighted by Gasteiger charge is -2.12. The summed E-state index contributed by atoms with van der Waals surface area (Å²) in [6.07, 6.45) is 0. The summed E-state index contributed by atoms with van der Waals surface area (Å²) in [4.78, 5) is 4.58. The lowest BCUT2D eigenvalue weighted by Crippen LogP contribution is -2.01. The molecule has 0 bridgehead atoms. The summed E-state index contributed by atoms with van der Waals surface area (Å²) in [5.41, 5.74) is 4.20. The topological polar surface area (TPSA) is 43.4 Å². The van der Waals surface area contributed by atoms with E-state index in [2.05, 4.69) is 28.5 Å². The van der Waals surface area contributed by atoms with Crippen molar-refractivity contribution in [2.45, 2.75) is 13.5 Å². The van der Waals surface area contributed by atoms with E-state index in [4.69, 9.17) is 9.47 Å². The highest BCUT2D eigenvalue weighted by molar-refractivity contribution is 5.92. The summed E-state index contributed by atoms with van der Waals surface area (Å²) in [5.74, 6) is 1.69. The fourth-order valence-corrected chi connectivity index (χ4v) is 2.55. The van der Waals surface area contributed by atoms with Crippen molar-refractivity contribution in [2.75, 3.05) is 19.5 Å². The maximum absolute atomic E-state index is 5.33. The first-order chi connectivity index (χ1) is 11.2. The van der Waals surface area contributed by atoms with Gasteiger partial charge in [-0.2, -0.15) is 0 Å². The zero-order valence-corrected chi connectivity index (χ0v) is 13.6. The van der Waals surface area contributed by atoms with E-state index in [1.165, 1.54) is 5.56 Å². The Hall–Kier alpha value is -2.75. The van der Waals surface area contributed by atoms with Crippen molar-refractivity contribution in [2.24, 2.45) is 0 Å². The van der Waals surface area contributed by atoms with Crippen LogP contribution in [0, 0.1) is 6.92 Å². The molecule has 0 aliphatic rings. The maximum Gasteiger partial charge on any atom is 0.119 e. The number of pyridine rings is 1. The molecule has 0 saturated carbocycles. The SMILES string of the molecule is COc1ccc(CNc2cc(C)nc3ccc(OC)cc23)cc1. The second kappa shape index (κ2) is 6.57. The second-order valence-corrected chi connectivity index (χ2v) is 5.40. The predicted octanol–water partition coefficient (Wildman–Crippen LogP) is 4.17. The maximum atomic E-state index is 5.33. The smallest absolute Gasteiger partial charge is 0.119 e. The molecule has 3 aromatic rings. The fraction of sp³-hybridized carbons (Fsp3) is 0.211. The Balaban J connectivity index is 1.88. The zero-order valence-electron chi connectivity index (χ0n) is 13.6. The van der Waals surface area contributed by atoms with Crippen molar-refractivity contribution < 1.29 is 9.47 Å². The van der Waals surface area contributed by atoms with Gasteiger partial charge in [0.25, 0.3) is 0 Å². The highest BCUT2D eigenvalue weighted by Gasteiger charge is 2.06. The molecular formula is C19H20N2O2. The van der Waals surface area contributed by atoms with E-state index < -0.39 is 0 Å². The number of benzene rings is 2. The van der Waals surface area contributed by atoms with Crippen LogP contribution in [0.1, 0.15) is 11.3 Å². The lowest BCUT2D eigenvalue weighted by atomic mass is 10.1. The largest absolute Gasteiger partial charge is 0.497 e. The molecule has 0 saturated heterocycles. The number of anilines is 1. The van der Waals surface area contributed by atoms with Gasteiger partial charge in [0.2, 0.25) is 0 Å². The van der Waals surface area contributed by atoms with Gasteiger partial charge in [0.1, 0.15) is 11.5 Å². The van der Waals surface area contributed by atoms with Crippen molar-refractivity contribution in [3.8, 4) is 11.5 Å². The average molecular weight is 308 g/mol. The molecule has 23 heavy (non-hydrogen) atoms. The number of ether oxygens (including phenoxy) is 2. The number of nitrogens with one attached hydrogen (secondary N) is 1. The Morgan fingerprint density at radius 3 is 2.30 bits per heavy atom. The van der Waals surface area contributed by atoms with Crippen LogP contribution in [0.3, 0.4) is 0 Å². The number of hydrogen-bond donors (Lipinski definition) is 1. The van der Waals surface area contributed by atoms with Gasteiger partial charge in [-0.05, 0) is 48.9 Å². The highest BCUT2D eigenvalue weighted by Crippen LogP contribution is 2.27. The summed E-state index contributed by atoms with van der Waals surface area (Å²) in [5, 5.41) is 4.56. The summed E-state index contributed by atoms with van der Waals surface area (Å²) >= 11 is 0. The van der Waals surface area contributed by atoms with E-state index in [1.54, 1.807) is 14.2 Å². The first kappa shape index (κ1) is 15.2. The van der Waals surface area contributed by atoms with Gasteiger partial charge in [0.05, 0.1) is 19.7 Å². The van der Waals surface area contributed by atoms with Gasteiger partial charge in [0.15, 0.2) is 0 Å². The molecule has 1 aromatic heterocycles. The van der Waals surface area contributed by atoms with Crippen LogP contribution in [-0.2, 0) is 6.54 Å². The van der Waals surface area contributed by atoms with Crippen molar-refractivity contribution in [1.29, 1.82) is 0 Å². The molecular weight excluding hydrogens is 288 g/mol. The molecule has 0 atom stereocenters. The van der Waals surface area contributed by atoms with Crippen LogP contribution in [0.15, 0.2) is 48.5 Å². The minimum absolute atomic E-state index is 0.736. The van der Waals surface area contributed by atoms with Gasteiger partial charge in [0, 0.05) is 23.3 Å². The zero-order chi connectivity index (χ0) is 16.2. The van der Waals surface area contributed by atoms with E-state index in [9.17, 15) is 0 Å². The van der Waals surface area contributed by atoms with Crippen LogP contribution >= 0.6 is 0 Å². The number of methoxy groups -OCH3 is 2. The van der Waals surface area contributed by atoms with Crippen molar-refractivity contribution in [3.05, 3.63) is 59.8 Å². The van der Waals surface area contributed by atoms with Gasteiger partial charge in [-0.1, -0.05) is 12.1 Å². The number of fused-ring (bicyclic) bond motifs is 1. The predicted molar refractivity (Wildman–Crippen MR) is 93.4 cm³/mol. The monoisotopic (exact) mass is 308 g/mol. The first-order valence-electron chi connectivity index (χ1n) is 7.52. The molecule has 2 aromatic carbocycles. The van der Waals surface area contributed by atoms with Crippen molar-refractivity contribution >= 4 is 16.6 Å².